The summed E-state index contributed by atoms with van der Waals surface area (Å²) in [4.78, 5) is 4.90. The Hall–Kier alpha value is -3.27. The maximum atomic E-state index is 6.34. The molecule has 0 aliphatic rings. The van der Waals surface area contributed by atoms with Gasteiger partial charge in [-0.1, -0.05) is 70.2 Å². The van der Waals surface area contributed by atoms with Crippen LogP contribution in [0.2, 0.25) is 0 Å². The number of imidazole rings is 1. The van der Waals surface area contributed by atoms with Crippen LogP contribution in [0.15, 0.2) is 66.7 Å². The van der Waals surface area contributed by atoms with E-state index in [1.165, 1.54) is 16.7 Å². The molecular formula is C30H36N2O2. The smallest absolute Gasteiger partial charge is 0.148 e. The van der Waals surface area contributed by atoms with Crippen LogP contribution in [0.25, 0.3) is 11.0 Å². The summed E-state index contributed by atoms with van der Waals surface area (Å²) in [7, 11) is 0. The molecule has 0 unspecified atom stereocenters. The van der Waals surface area contributed by atoms with E-state index in [0.29, 0.717) is 25.0 Å². The number of ether oxygens (including phenoxy) is 2. The highest BCUT2D eigenvalue weighted by Crippen LogP contribution is 2.29. The number of aryl methyl sites for hydroxylation is 2. The third-order valence-electron chi connectivity index (χ3n) is 6.21. The zero-order chi connectivity index (χ0) is 24.1. The summed E-state index contributed by atoms with van der Waals surface area (Å²) in [5, 5.41) is 0. The van der Waals surface area contributed by atoms with Gasteiger partial charge in [0.2, 0.25) is 0 Å². The lowest BCUT2D eigenvalue weighted by Gasteiger charge is -2.16. The van der Waals surface area contributed by atoms with Crippen molar-refractivity contribution in [3.63, 3.8) is 0 Å². The third kappa shape index (κ3) is 5.44. The van der Waals surface area contributed by atoms with Crippen molar-refractivity contribution >= 4 is 11.0 Å². The first-order chi connectivity index (χ1) is 16.4. The Balaban J connectivity index is 1.49. The largest absolute Gasteiger partial charge is 0.493 e. The van der Waals surface area contributed by atoms with Crippen LogP contribution in [0.1, 0.15) is 68.5 Å². The van der Waals surface area contributed by atoms with Crippen molar-refractivity contribution < 1.29 is 9.47 Å². The second kappa shape index (κ2) is 10.8. The van der Waals surface area contributed by atoms with Crippen LogP contribution >= 0.6 is 0 Å². The van der Waals surface area contributed by atoms with Crippen LogP contribution in [-0.2, 0) is 13.2 Å². The van der Waals surface area contributed by atoms with Gasteiger partial charge in [0, 0.05) is 6.54 Å². The lowest BCUT2D eigenvalue weighted by atomic mass is 10.0. The normalized spacial score (nSPS) is 11.5. The molecule has 178 valence electrons. The molecule has 3 aromatic carbocycles. The van der Waals surface area contributed by atoms with Gasteiger partial charge in [-0.15, -0.1) is 0 Å². The Kier molecular flexibility index (Phi) is 7.56. The van der Waals surface area contributed by atoms with Gasteiger partial charge in [0.1, 0.15) is 23.9 Å². The molecule has 0 spiro atoms. The van der Waals surface area contributed by atoms with Crippen molar-refractivity contribution in [1.82, 2.24) is 9.55 Å². The van der Waals surface area contributed by atoms with E-state index in [0.717, 1.165) is 41.3 Å². The van der Waals surface area contributed by atoms with Crippen LogP contribution in [0.3, 0.4) is 0 Å². The number of rotatable bonds is 10. The molecule has 1 aromatic heterocycles. The van der Waals surface area contributed by atoms with E-state index in [1.54, 1.807) is 0 Å². The van der Waals surface area contributed by atoms with Gasteiger partial charge < -0.3 is 14.0 Å². The van der Waals surface area contributed by atoms with Crippen molar-refractivity contribution in [2.45, 2.75) is 66.0 Å². The van der Waals surface area contributed by atoms with Crippen molar-refractivity contribution in [2.75, 3.05) is 6.61 Å². The molecule has 0 radical (unpaired) electrons. The van der Waals surface area contributed by atoms with Crippen LogP contribution in [0.5, 0.6) is 11.5 Å². The first-order valence-electron chi connectivity index (χ1n) is 12.3. The van der Waals surface area contributed by atoms with E-state index in [9.17, 15) is 0 Å². The Bertz CT molecular complexity index is 1240. The number of para-hydroxylation sites is 3. The van der Waals surface area contributed by atoms with Crippen LogP contribution in [0, 0.1) is 6.92 Å². The number of fused-ring (bicyclic) bond motifs is 1. The highest BCUT2D eigenvalue weighted by atomic mass is 16.5. The predicted octanol–water partition coefficient (Wildman–Crippen LogP) is 7.64. The van der Waals surface area contributed by atoms with Gasteiger partial charge in [-0.05, 0) is 66.1 Å². The number of aromatic nitrogens is 2. The minimum Gasteiger partial charge on any atom is -0.493 e. The Morgan fingerprint density at radius 2 is 1.50 bits per heavy atom. The van der Waals surface area contributed by atoms with E-state index in [2.05, 4.69) is 93.8 Å². The van der Waals surface area contributed by atoms with Gasteiger partial charge in [-0.25, -0.2) is 4.98 Å². The second-order valence-electron chi connectivity index (χ2n) is 9.55. The van der Waals surface area contributed by atoms with Gasteiger partial charge in [-0.3, -0.25) is 0 Å². The Morgan fingerprint density at radius 3 is 2.29 bits per heavy atom. The number of hydrogen-bond acceptors (Lipinski definition) is 3. The van der Waals surface area contributed by atoms with Gasteiger partial charge in [0.05, 0.1) is 17.6 Å². The third-order valence-corrected chi connectivity index (χ3v) is 6.21. The molecule has 4 aromatic rings. The minimum atomic E-state index is 0.403. The molecule has 0 bridgehead atoms. The van der Waals surface area contributed by atoms with E-state index in [-0.39, 0.29) is 0 Å². The summed E-state index contributed by atoms with van der Waals surface area (Å²) in [5.41, 5.74) is 5.82. The molecule has 0 aliphatic carbocycles. The van der Waals surface area contributed by atoms with Crippen molar-refractivity contribution in [2.24, 2.45) is 0 Å². The van der Waals surface area contributed by atoms with E-state index in [1.807, 2.05) is 12.1 Å². The number of benzene rings is 3. The summed E-state index contributed by atoms with van der Waals surface area (Å²) < 4.78 is 14.8. The molecule has 0 aliphatic heterocycles. The van der Waals surface area contributed by atoms with E-state index >= 15 is 0 Å². The molecule has 34 heavy (non-hydrogen) atoms. The highest BCUT2D eigenvalue weighted by molar-refractivity contribution is 5.75. The molecule has 1 heterocycles. The number of hydrogen-bond donors (Lipinski definition) is 0. The highest BCUT2D eigenvalue weighted by Gasteiger charge is 2.14. The molecular weight excluding hydrogens is 420 g/mol. The molecule has 0 saturated carbocycles. The quantitative estimate of drug-likeness (QED) is 0.230. The Labute approximate surface area is 203 Å². The minimum absolute atomic E-state index is 0.403. The Morgan fingerprint density at radius 1 is 0.794 bits per heavy atom. The summed E-state index contributed by atoms with van der Waals surface area (Å²) in [5.74, 6) is 3.72. The standard InChI is InChI=1S/C30H36N2O2/c1-21(2)24-11-6-9-14-28(24)33-18-10-17-32-27-13-8-7-12-26(27)31-30(32)20-34-29-19-23(5)15-16-25(29)22(3)4/h6-9,11-16,19,21-22H,10,17-18,20H2,1-5H3. The first kappa shape index (κ1) is 23.9. The maximum absolute atomic E-state index is 6.34. The van der Waals surface area contributed by atoms with Gasteiger partial charge in [-0.2, -0.15) is 0 Å². The van der Waals surface area contributed by atoms with Crippen molar-refractivity contribution in [1.29, 1.82) is 0 Å². The SMILES string of the molecule is Cc1ccc(C(C)C)c(OCc2nc3ccccc3n2CCCOc2ccccc2C(C)C)c1. The lowest BCUT2D eigenvalue weighted by molar-refractivity contribution is 0.276. The fourth-order valence-electron chi connectivity index (χ4n) is 4.36. The molecule has 0 saturated heterocycles. The summed E-state index contributed by atoms with van der Waals surface area (Å²) in [6.45, 7) is 12.8. The summed E-state index contributed by atoms with van der Waals surface area (Å²) in [6, 6.07) is 23.1. The van der Waals surface area contributed by atoms with Crippen LogP contribution in [0.4, 0.5) is 0 Å². The monoisotopic (exact) mass is 456 g/mol. The van der Waals surface area contributed by atoms with Gasteiger partial charge in [0.15, 0.2) is 0 Å². The fraction of sp³-hybridized carbons (Fsp3) is 0.367. The van der Waals surface area contributed by atoms with Crippen LogP contribution in [-0.4, -0.2) is 16.2 Å². The first-order valence-corrected chi connectivity index (χ1v) is 12.3. The topological polar surface area (TPSA) is 36.3 Å². The summed E-state index contributed by atoms with van der Waals surface area (Å²) in [6.07, 6.45) is 0.890. The molecule has 0 fully saturated rings. The molecule has 4 rings (SSSR count). The zero-order valence-corrected chi connectivity index (χ0v) is 21.0. The number of nitrogens with zero attached hydrogens (tertiary/aromatic N) is 2. The zero-order valence-electron chi connectivity index (χ0n) is 21.0. The molecule has 4 nitrogen and oxygen atoms in total. The lowest BCUT2D eigenvalue weighted by Crippen LogP contribution is -2.11. The molecule has 0 N–H and O–H groups in total. The van der Waals surface area contributed by atoms with Crippen LogP contribution < -0.4 is 9.47 Å². The predicted molar refractivity (Wildman–Crippen MR) is 140 cm³/mol. The molecule has 4 heteroatoms. The van der Waals surface area contributed by atoms with Gasteiger partial charge in [0.25, 0.3) is 0 Å². The van der Waals surface area contributed by atoms with Crippen molar-refractivity contribution in [3.8, 4) is 11.5 Å². The average molecular weight is 457 g/mol. The van der Waals surface area contributed by atoms with E-state index in [4.69, 9.17) is 14.5 Å². The average Bonchev–Trinajstić information content (AvgIpc) is 3.18. The maximum Gasteiger partial charge on any atom is 0.148 e. The summed E-state index contributed by atoms with van der Waals surface area (Å²) >= 11 is 0. The fourth-order valence-corrected chi connectivity index (χ4v) is 4.36. The van der Waals surface area contributed by atoms with Gasteiger partial charge >= 0.3 is 0 Å². The molecule has 0 amide bonds. The second-order valence-corrected chi connectivity index (χ2v) is 9.55. The van der Waals surface area contributed by atoms with E-state index < -0.39 is 0 Å². The van der Waals surface area contributed by atoms with Crippen molar-refractivity contribution in [3.05, 3.63) is 89.2 Å². The molecule has 0 atom stereocenters.